The molecule has 3 nitrogen and oxygen atoms in total. The lowest BCUT2D eigenvalue weighted by Crippen LogP contribution is -2.22. The van der Waals surface area contributed by atoms with E-state index in [-0.39, 0.29) is 6.61 Å². The molecule has 1 heterocycles. The molecule has 32 heavy (non-hydrogen) atoms. The Morgan fingerprint density at radius 1 is 1.28 bits per heavy atom. The molecule has 1 atom stereocenters. The topological polar surface area (TPSA) is 24.8 Å². The maximum absolute atomic E-state index is 13.3. The Morgan fingerprint density at radius 2 is 1.94 bits per heavy atom. The van der Waals surface area contributed by atoms with Gasteiger partial charge in [-0.25, -0.2) is 4.39 Å². The van der Waals surface area contributed by atoms with Crippen LogP contribution in [0.3, 0.4) is 0 Å². The normalized spacial score (nSPS) is 16.8. The molecule has 0 N–H and O–H groups in total. The van der Waals surface area contributed by atoms with Crippen LogP contribution in [-0.2, 0) is 4.74 Å². The van der Waals surface area contributed by atoms with E-state index in [2.05, 4.69) is 69.8 Å². The van der Waals surface area contributed by atoms with Gasteiger partial charge < -0.3 is 9.64 Å². The molecule has 1 aliphatic rings. The van der Waals surface area contributed by atoms with E-state index in [4.69, 9.17) is 4.74 Å². The summed E-state index contributed by atoms with van der Waals surface area (Å²) in [4.78, 5) is 6.46. The predicted molar refractivity (Wildman–Crippen MR) is 138 cm³/mol. The number of rotatable bonds is 11. The standard InChI is InChI=1S/C28H41FN2O/c1-11-13-26-17-31(23(8)28(26)24(9)32-18-22(7)29)16-21(6)20(5)14-25(12-2)27(15-30-10)19(3)4/h11,13-15,22H,8-9,12,16-18H2,1-7,10H3/b13-11-,21-20+,25-14+,30-15?. The van der Waals surface area contributed by atoms with Gasteiger partial charge in [-0.3, -0.25) is 4.99 Å². The van der Waals surface area contributed by atoms with Crippen molar-refractivity contribution in [1.29, 1.82) is 0 Å². The average Bonchev–Trinajstić information content (AvgIpc) is 3.03. The SMILES string of the molecule is C=C(OCC(C)F)C1=C(/C=C\C)CN(C/C(C)=C(C)/C=C(\CC)C(C=NC)=C(C)C)C1=C. The molecular formula is C28H41FN2O. The van der Waals surface area contributed by atoms with Gasteiger partial charge in [-0.1, -0.05) is 55.0 Å². The van der Waals surface area contributed by atoms with Crippen LogP contribution in [0.4, 0.5) is 4.39 Å². The van der Waals surface area contributed by atoms with Crippen molar-refractivity contribution in [2.75, 3.05) is 26.7 Å². The molecule has 0 aromatic carbocycles. The highest BCUT2D eigenvalue weighted by Gasteiger charge is 2.27. The molecule has 4 heteroatoms. The number of alkyl halides is 1. The van der Waals surface area contributed by atoms with Crippen molar-refractivity contribution >= 4 is 6.21 Å². The van der Waals surface area contributed by atoms with E-state index >= 15 is 0 Å². The second kappa shape index (κ2) is 13.0. The van der Waals surface area contributed by atoms with Crippen molar-refractivity contribution in [3.8, 4) is 0 Å². The van der Waals surface area contributed by atoms with Gasteiger partial charge in [-0.2, -0.15) is 0 Å². The Morgan fingerprint density at radius 3 is 2.44 bits per heavy atom. The largest absolute Gasteiger partial charge is 0.490 e. The Kier molecular flexibility index (Phi) is 11.2. The van der Waals surface area contributed by atoms with Crippen LogP contribution in [-0.4, -0.2) is 44.0 Å². The minimum Gasteiger partial charge on any atom is -0.490 e. The Labute approximate surface area is 195 Å². The summed E-state index contributed by atoms with van der Waals surface area (Å²) in [5.41, 5.74) is 9.08. The van der Waals surface area contributed by atoms with E-state index in [1.54, 1.807) is 0 Å². The molecule has 1 unspecified atom stereocenters. The number of hydrogen-bond donors (Lipinski definition) is 0. The van der Waals surface area contributed by atoms with E-state index < -0.39 is 6.17 Å². The van der Waals surface area contributed by atoms with E-state index in [1.807, 2.05) is 26.3 Å². The second-order valence-electron chi connectivity index (χ2n) is 8.51. The highest BCUT2D eigenvalue weighted by molar-refractivity contribution is 5.85. The molecule has 0 aliphatic carbocycles. The average molecular weight is 441 g/mol. The molecule has 176 valence electrons. The van der Waals surface area contributed by atoms with Crippen LogP contribution in [0.25, 0.3) is 0 Å². The van der Waals surface area contributed by atoms with Crippen LogP contribution < -0.4 is 0 Å². The molecule has 0 fully saturated rings. The van der Waals surface area contributed by atoms with E-state index in [0.29, 0.717) is 5.76 Å². The van der Waals surface area contributed by atoms with Crippen molar-refractivity contribution in [1.82, 2.24) is 4.90 Å². The first kappa shape index (κ1) is 27.4. The van der Waals surface area contributed by atoms with Crippen molar-refractivity contribution < 1.29 is 9.13 Å². The van der Waals surface area contributed by atoms with Gasteiger partial charge in [0.05, 0.1) is 0 Å². The maximum atomic E-state index is 13.3. The van der Waals surface area contributed by atoms with Gasteiger partial charge in [0.1, 0.15) is 18.5 Å². The number of allylic oxidation sites excluding steroid dienone is 6. The zero-order chi connectivity index (χ0) is 24.4. The minimum absolute atomic E-state index is 0.00484. The lowest BCUT2D eigenvalue weighted by molar-refractivity contribution is 0.150. The van der Waals surface area contributed by atoms with Crippen molar-refractivity contribution in [3.63, 3.8) is 0 Å². The van der Waals surface area contributed by atoms with Gasteiger partial charge in [0, 0.05) is 37.6 Å². The van der Waals surface area contributed by atoms with E-state index in [0.717, 1.165) is 36.4 Å². The fourth-order valence-electron chi connectivity index (χ4n) is 3.67. The molecule has 1 aliphatic heterocycles. The summed E-state index contributed by atoms with van der Waals surface area (Å²) in [6.45, 7) is 24.0. The number of aliphatic imine (C=N–C) groups is 1. The molecule has 0 saturated heterocycles. The van der Waals surface area contributed by atoms with Crippen LogP contribution in [0.1, 0.15) is 54.9 Å². The summed E-state index contributed by atoms with van der Waals surface area (Å²) < 4.78 is 18.9. The van der Waals surface area contributed by atoms with Gasteiger partial charge in [0.25, 0.3) is 0 Å². The zero-order valence-electron chi connectivity index (χ0n) is 21.3. The molecule has 0 radical (unpaired) electrons. The predicted octanol–water partition coefficient (Wildman–Crippen LogP) is 7.29. The lowest BCUT2D eigenvalue weighted by atomic mass is 9.96. The smallest absolute Gasteiger partial charge is 0.131 e. The molecule has 0 bridgehead atoms. The second-order valence-corrected chi connectivity index (χ2v) is 8.51. The van der Waals surface area contributed by atoms with Gasteiger partial charge in [-0.15, -0.1) is 0 Å². The van der Waals surface area contributed by atoms with Crippen LogP contribution in [0.2, 0.25) is 0 Å². The lowest BCUT2D eigenvalue weighted by Gasteiger charge is -2.23. The summed E-state index contributed by atoms with van der Waals surface area (Å²) in [6, 6.07) is 0. The summed E-state index contributed by atoms with van der Waals surface area (Å²) >= 11 is 0. The van der Waals surface area contributed by atoms with Crippen molar-refractivity contribution in [3.05, 3.63) is 81.9 Å². The molecule has 0 aromatic heterocycles. The fourth-order valence-corrected chi connectivity index (χ4v) is 3.67. The third kappa shape index (κ3) is 7.51. The summed E-state index contributed by atoms with van der Waals surface area (Å²) in [7, 11) is 1.81. The monoisotopic (exact) mass is 440 g/mol. The van der Waals surface area contributed by atoms with Crippen LogP contribution in [0.5, 0.6) is 0 Å². The van der Waals surface area contributed by atoms with Gasteiger partial charge in [-0.05, 0) is 64.7 Å². The molecule has 0 amide bonds. The summed E-state index contributed by atoms with van der Waals surface area (Å²) in [5.74, 6) is 0.480. The summed E-state index contributed by atoms with van der Waals surface area (Å²) in [6.07, 6.45) is 8.16. The van der Waals surface area contributed by atoms with Gasteiger partial charge in [0.2, 0.25) is 0 Å². The van der Waals surface area contributed by atoms with Crippen molar-refractivity contribution in [2.45, 2.75) is 61.1 Å². The molecule has 1 rings (SSSR count). The van der Waals surface area contributed by atoms with Crippen LogP contribution >= 0.6 is 0 Å². The fraction of sp³-hybridized carbons (Fsp3) is 0.464. The minimum atomic E-state index is -1.04. The first-order chi connectivity index (χ1) is 15.1. The Balaban J connectivity index is 3.16. The Hall–Kier alpha value is -2.62. The van der Waals surface area contributed by atoms with Gasteiger partial charge in [0.15, 0.2) is 0 Å². The van der Waals surface area contributed by atoms with Gasteiger partial charge >= 0.3 is 0 Å². The maximum Gasteiger partial charge on any atom is 0.131 e. The third-order valence-corrected chi connectivity index (χ3v) is 5.50. The van der Waals surface area contributed by atoms with Crippen molar-refractivity contribution in [2.24, 2.45) is 4.99 Å². The zero-order valence-corrected chi connectivity index (χ0v) is 21.3. The Bertz CT molecular complexity index is 890. The quantitative estimate of drug-likeness (QED) is 0.191. The number of hydrogen-bond acceptors (Lipinski definition) is 3. The van der Waals surface area contributed by atoms with Crippen LogP contribution in [0.15, 0.2) is 86.8 Å². The first-order valence-corrected chi connectivity index (χ1v) is 11.3. The number of nitrogens with zero attached hydrogens (tertiary/aromatic N) is 2. The third-order valence-electron chi connectivity index (χ3n) is 5.50. The molecule has 0 aromatic rings. The molecule has 0 saturated carbocycles. The summed E-state index contributed by atoms with van der Waals surface area (Å²) in [5, 5.41) is 0. The number of halogens is 1. The highest BCUT2D eigenvalue weighted by atomic mass is 19.1. The van der Waals surface area contributed by atoms with Crippen LogP contribution in [0, 0.1) is 0 Å². The van der Waals surface area contributed by atoms with E-state index in [1.165, 1.54) is 34.8 Å². The number of ether oxygens (including phenoxy) is 1. The first-order valence-electron chi connectivity index (χ1n) is 11.3. The highest BCUT2D eigenvalue weighted by Crippen LogP contribution is 2.34. The van der Waals surface area contributed by atoms with E-state index in [9.17, 15) is 4.39 Å². The molecule has 0 spiro atoms. The molecular weight excluding hydrogens is 399 g/mol.